The molecular weight excluding hydrogens is 338 g/mol. The van der Waals surface area contributed by atoms with Gasteiger partial charge in [-0.1, -0.05) is 11.2 Å². The predicted octanol–water partition coefficient (Wildman–Crippen LogP) is 4.35. The number of benzene rings is 1. The average Bonchev–Trinajstić information content (AvgIpc) is 3.32. The fourth-order valence-electron chi connectivity index (χ4n) is 2.51. The highest BCUT2D eigenvalue weighted by Crippen LogP contribution is 2.31. The van der Waals surface area contributed by atoms with Gasteiger partial charge in [-0.2, -0.15) is 0 Å². The van der Waals surface area contributed by atoms with Gasteiger partial charge in [0.1, 0.15) is 17.7 Å². The van der Waals surface area contributed by atoms with Crippen LogP contribution in [0.1, 0.15) is 24.2 Å². The Balaban J connectivity index is 1.74. The lowest BCUT2D eigenvalue weighted by Gasteiger charge is -2.07. The highest BCUT2D eigenvalue weighted by atomic mass is 32.1. The largest absolute Gasteiger partial charge is 0.443 e. The van der Waals surface area contributed by atoms with Gasteiger partial charge >= 0.3 is 0 Å². The summed E-state index contributed by atoms with van der Waals surface area (Å²) in [6.45, 7) is 3.84. The van der Waals surface area contributed by atoms with E-state index in [1.54, 1.807) is 35.8 Å². The third-order valence-electron chi connectivity index (χ3n) is 3.63. The lowest BCUT2D eigenvalue weighted by molar-refractivity contribution is 0.0943. The molecule has 0 aliphatic rings. The van der Waals surface area contributed by atoms with Crippen molar-refractivity contribution in [2.75, 3.05) is 0 Å². The average molecular weight is 353 g/mol. The first kappa shape index (κ1) is 15.6. The fourth-order valence-corrected chi connectivity index (χ4v) is 3.16. The summed E-state index contributed by atoms with van der Waals surface area (Å²) in [5, 5.41) is 9.66. The summed E-state index contributed by atoms with van der Waals surface area (Å²) in [5.74, 6) is 0.401. The van der Waals surface area contributed by atoms with Crippen LogP contribution in [-0.4, -0.2) is 22.1 Å². The van der Waals surface area contributed by atoms with Crippen LogP contribution in [0.3, 0.4) is 0 Å². The number of aromatic nitrogens is 2. The van der Waals surface area contributed by atoms with E-state index >= 15 is 0 Å². The van der Waals surface area contributed by atoms with Gasteiger partial charge in [-0.25, -0.2) is 4.98 Å². The Hall–Kier alpha value is -2.93. The number of hydrogen-bond acceptors (Lipinski definition) is 6. The Bertz CT molecular complexity index is 1030. The molecule has 0 spiro atoms. The number of amides is 1. The Labute approximate surface area is 147 Å². The molecule has 6 nitrogen and oxygen atoms in total. The number of hydrogen-bond donors (Lipinski definition) is 1. The van der Waals surface area contributed by atoms with Gasteiger partial charge in [0.25, 0.3) is 5.91 Å². The summed E-state index contributed by atoms with van der Waals surface area (Å²) < 4.78 is 10.9. The maximum atomic E-state index is 12.2. The zero-order chi connectivity index (χ0) is 17.4. The summed E-state index contributed by atoms with van der Waals surface area (Å²) in [7, 11) is 0. The van der Waals surface area contributed by atoms with Crippen LogP contribution >= 0.6 is 11.3 Å². The predicted molar refractivity (Wildman–Crippen MR) is 95.4 cm³/mol. The molecule has 0 unspecified atom stereocenters. The SMILES string of the molecule is CC(C)NC(=O)c1ccc2onc(-c3coc(-c4cccs4)n3)c2c1. The van der Waals surface area contributed by atoms with Crippen LogP contribution in [-0.2, 0) is 0 Å². The minimum absolute atomic E-state index is 0.0639. The van der Waals surface area contributed by atoms with E-state index in [2.05, 4.69) is 15.5 Å². The maximum Gasteiger partial charge on any atom is 0.251 e. The topological polar surface area (TPSA) is 81.2 Å². The zero-order valence-electron chi connectivity index (χ0n) is 13.6. The molecule has 1 amide bonds. The van der Waals surface area contributed by atoms with Gasteiger partial charge in [0.05, 0.1) is 10.3 Å². The summed E-state index contributed by atoms with van der Waals surface area (Å²) in [5.41, 5.74) is 2.27. The van der Waals surface area contributed by atoms with Gasteiger partial charge in [-0.3, -0.25) is 4.79 Å². The Morgan fingerprint density at radius 2 is 2.16 bits per heavy atom. The second-order valence-corrected chi connectivity index (χ2v) is 6.83. The van der Waals surface area contributed by atoms with E-state index in [1.807, 2.05) is 31.4 Å². The molecule has 25 heavy (non-hydrogen) atoms. The summed E-state index contributed by atoms with van der Waals surface area (Å²) in [6, 6.07) is 9.16. The van der Waals surface area contributed by atoms with E-state index in [0.29, 0.717) is 28.4 Å². The number of nitrogens with zero attached hydrogens (tertiary/aromatic N) is 2. The van der Waals surface area contributed by atoms with Gasteiger partial charge in [-0.15, -0.1) is 11.3 Å². The Kier molecular flexibility index (Phi) is 3.85. The second-order valence-electron chi connectivity index (χ2n) is 5.89. The normalized spacial score (nSPS) is 11.3. The number of oxazole rings is 1. The minimum atomic E-state index is -0.136. The highest BCUT2D eigenvalue weighted by Gasteiger charge is 2.18. The van der Waals surface area contributed by atoms with Crippen molar-refractivity contribution in [1.82, 2.24) is 15.5 Å². The third-order valence-corrected chi connectivity index (χ3v) is 4.49. The van der Waals surface area contributed by atoms with Crippen molar-refractivity contribution in [2.45, 2.75) is 19.9 Å². The van der Waals surface area contributed by atoms with Crippen molar-refractivity contribution >= 4 is 28.2 Å². The Morgan fingerprint density at radius 1 is 1.28 bits per heavy atom. The van der Waals surface area contributed by atoms with Gasteiger partial charge in [0, 0.05) is 11.6 Å². The first-order valence-corrected chi connectivity index (χ1v) is 8.70. The molecule has 126 valence electrons. The quantitative estimate of drug-likeness (QED) is 0.590. The van der Waals surface area contributed by atoms with Crippen LogP contribution in [0.2, 0.25) is 0 Å². The lowest BCUT2D eigenvalue weighted by atomic mass is 10.1. The minimum Gasteiger partial charge on any atom is -0.443 e. The fraction of sp³-hybridized carbons (Fsp3) is 0.167. The summed E-state index contributed by atoms with van der Waals surface area (Å²) >= 11 is 1.55. The molecule has 1 N–H and O–H groups in total. The lowest BCUT2D eigenvalue weighted by Crippen LogP contribution is -2.29. The molecule has 0 fully saturated rings. The molecule has 3 heterocycles. The third kappa shape index (κ3) is 2.94. The molecule has 0 bridgehead atoms. The van der Waals surface area contributed by atoms with Crippen LogP contribution in [0.15, 0.2) is 50.9 Å². The van der Waals surface area contributed by atoms with Crippen molar-refractivity contribution in [2.24, 2.45) is 0 Å². The number of rotatable bonds is 4. The molecule has 1 aromatic carbocycles. The highest BCUT2D eigenvalue weighted by molar-refractivity contribution is 7.13. The number of fused-ring (bicyclic) bond motifs is 1. The molecule has 0 radical (unpaired) electrons. The molecule has 0 saturated carbocycles. The Morgan fingerprint density at radius 3 is 2.92 bits per heavy atom. The molecule has 0 aliphatic heterocycles. The van der Waals surface area contributed by atoms with Crippen LogP contribution in [0.5, 0.6) is 0 Å². The molecule has 4 aromatic rings. The molecule has 7 heteroatoms. The molecule has 0 saturated heterocycles. The summed E-state index contributed by atoms with van der Waals surface area (Å²) in [6.07, 6.45) is 1.55. The molecule has 0 aliphatic carbocycles. The van der Waals surface area contributed by atoms with Crippen molar-refractivity contribution in [1.29, 1.82) is 0 Å². The van der Waals surface area contributed by atoms with E-state index in [9.17, 15) is 4.79 Å². The van der Waals surface area contributed by atoms with Gasteiger partial charge in [0.2, 0.25) is 5.89 Å². The number of nitrogens with one attached hydrogen (secondary N) is 1. The van der Waals surface area contributed by atoms with E-state index in [4.69, 9.17) is 8.94 Å². The van der Waals surface area contributed by atoms with E-state index in [0.717, 1.165) is 10.3 Å². The van der Waals surface area contributed by atoms with Gasteiger partial charge in [-0.05, 0) is 43.5 Å². The van der Waals surface area contributed by atoms with E-state index < -0.39 is 0 Å². The number of thiophene rings is 1. The van der Waals surface area contributed by atoms with E-state index in [1.165, 1.54) is 0 Å². The number of carbonyl (C=O) groups is 1. The monoisotopic (exact) mass is 353 g/mol. The van der Waals surface area contributed by atoms with E-state index in [-0.39, 0.29) is 11.9 Å². The maximum absolute atomic E-state index is 12.2. The first-order chi connectivity index (χ1) is 12.1. The van der Waals surface area contributed by atoms with Crippen molar-refractivity contribution in [3.63, 3.8) is 0 Å². The van der Waals surface area contributed by atoms with Gasteiger partial charge in [0.15, 0.2) is 5.58 Å². The van der Waals surface area contributed by atoms with Crippen LogP contribution in [0.25, 0.3) is 33.1 Å². The van der Waals surface area contributed by atoms with Crippen LogP contribution in [0, 0.1) is 0 Å². The molecule has 0 atom stereocenters. The molecule has 4 rings (SSSR count). The zero-order valence-corrected chi connectivity index (χ0v) is 14.5. The smallest absolute Gasteiger partial charge is 0.251 e. The number of carbonyl (C=O) groups excluding carboxylic acids is 1. The summed E-state index contributed by atoms with van der Waals surface area (Å²) in [4.78, 5) is 17.7. The standard InChI is InChI=1S/C18H15N3O3S/c1-10(2)19-17(22)11-5-6-14-12(8-11)16(21-24-14)13-9-23-18(20-13)15-4-3-7-25-15/h3-10H,1-2H3,(H,19,22). The van der Waals surface area contributed by atoms with Crippen molar-refractivity contribution in [3.05, 3.63) is 47.5 Å². The van der Waals surface area contributed by atoms with Crippen molar-refractivity contribution < 1.29 is 13.7 Å². The molecular formula is C18H15N3O3S. The van der Waals surface area contributed by atoms with Crippen molar-refractivity contribution in [3.8, 4) is 22.2 Å². The first-order valence-electron chi connectivity index (χ1n) is 7.82. The van der Waals surface area contributed by atoms with Gasteiger partial charge < -0.3 is 14.3 Å². The molecule has 3 aromatic heterocycles. The van der Waals surface area contributed by atoms with Crippen LogP contribution in [0.4, 0.5) is 0 Å². The second kappa shape index (κ2) is 6.18. The van der Waals surface area contributed by atoms with Crippen LogP contribution < -0.4 is 5.32 Å².